The van der Waals surface area contributed by atoms with E-state index in [9.17, 15) is 5.11 Å². The van der Waals surface area contributed by atoms with Gasteiger partial charge in [-0.2, -0.15) is 0 Å². The van der Waals surface area contributed by atoms with Crippen LogP contribution in [0.2, 0.25) is 0 Å². The molecule has 5 aliphatic rings. The first kappa shape index (κ1) is 16.9. The molecule has 5 aliphatic heterocycles. The molecule has 6 heteroatoms. The number of rotatable bonds is 0. The standard InChI is InChI=1S/C19H22N4O.Co/c24-19-8-7-17(23-19)11-15-4-3-13(21-15)9-12-1-2-14(20-12)10-16-5-6-18(19)22-16;/h9-11,18,21,24H,1-8H2;. The van der Waals surface area contributed by atoms with E-state index in [1.165, 1.54) is 11.4 Å². The van der Waals surface area contributed by atoms with Gasteiger partial charge in [0.2, 0.25) is 0 Å². The Kier molecular flexibility index (Phi) is 4.29. The van der Waals surface area contributed by atoms with Crippen molar-refractivity contribution in [2.45, 2.75) is 63.1 Å². The summed E-state index contributed by atoms with van der Waals surface area (Å²) in [6.07, 6.45) is 13.8. The molecule has 0 amide bonds. The van der Waals surface area contributed by atoms with Gasteiger partial charge < -0.3 is 10.4 Å². The maximum absolute atomic E-state index is 11.0. The van der Waals surface area contributed by atoms with Gasteiger partial charge in [0.15, 0.2) is 5.72 Å². The molecule has 5 rings (SSSR count). The second kappa shape index (κ2) is 6.34. The maximum atomic E-state index is 11.0. The molecule has 2 N–H and O–H groups in total. The van der Waals surface area contributed by atoms with Crippen LogP contribution < -0.4 is 5.32 Å². The summed E-state index contributed by atoms with van der Waals surface area (Å²) in [5.41, 5.74) is 5.76. The van der Waals surface area contributed by atoms with Crippen LogP contribution in [0.15, 0.2) is 50.3 Å². The van der Waals surface area contributed by atoms with Crippen LogP contribution in [0, 0.1) is 0 Å². The Morgan fingerprint density at radius 1 is 0.920 bits per heavy atom. The molecule has 1 fully saturated rings. The molecular formula is C19H22CoN4O. The van der Waals surface area contributed by atoms with Gasteiger partial charge in [-0.25, -0.2) is 0 Å². The number of aliphatic imine (C=N–C) groups is 3. The van der Waals surface area contributed by atoms with Crippen molar-refractivity contribution in [1.82, 2.24) is 5.32 Å². The molecule has 0 aromatic rings. The summed E-state index contributed by atoms with van der Waals surface area (Å²) < 4.78 is 0. The van der Waals surface area contributed by atoms with Crippen molar-refractivity contribution in [3.63, 3.8) is 0 Å². The zero-order valence-corrected chi connectivity index (χ0v) is 15.1. The van der Waals surface area contributed by atoms with Crippen molar-refractivity contribution in [2.75, 3.05) is 0 Å². The van der Waals surface area contributed by atoms with Gasteiger partial charge in [-0.1, -0.05) is 0 Å². The molecule has 25 heavy (non-hydrogen) atoms. The van der Waals surface area contributed by atoms with E-state index in [0.717, 1.165) is 67.8 Å². The van der Waals surface area contributed by atoms with E-state index in [-0.39, 0.29) is 22.8 Å². The van der Waals surface area contributed by atoms with Gasteiger partial charge in [0.25, 0.3) is 0 Å². The van der Waals surface area contributed by atoms with E-state index < -0.39 is 5.72 Å². The number of nitrogens with zero attached hydrogens (tertiary/aromatic N) is 3. The Morgan fingerprint density at radius 2 is 1.72 bits per heavy atom. The molecular weight excluding hydrogens is 359 g/mol. The van der Waals surface area contributed by atoms with Crippen LogP contribution in [-0.2, 0) is 16.8 Å². The first-order chi connectivity index (χ1) is 11.7. The van der Waals surface area contributed by atoms with Crippen molar-refractivity contribution in [3.8, 4) is 0 Å². The van der Waals surface area contributed by atoms with Gasteiger partial charge in [-0.05, 0) is 63.2 Å². The quantitative estimate of drug-likeness (QED) is 0.678. The Labute approximate surface area is 158 Å². The van der Waals surface area contributed by atoms with E-state index >= 15 is 0 Å². The fourth-order valence-electron chi connectivity index (χ4n) is 4.25. The molecule has 0 aromatic heterocycles. The molecule has 133 valence electrons. The van der Waals surface area contributed by atoms with Crippen LogP contribution in [0.4, 0.5) is 0 Å². The van der Waals surface area contributed by atoms with Gasteiger partial charge in [0.05, 0.1) is 6.04 Å². The molecule has 5 nitrogen and oxygen atoms in total. The third-order valence-corrected chi connectivity index (χ3v) is 5.54. The van der Waals surface area contributed by atoms with E-state index in [0.29, 0.717) is 6.42 Å². The van der Waals surface area contributed by atoms with Gasteiger partial charge in [-0.3, -0.25) is 15.0 Å². The van der Waals surface area contributed by atoms with Crippen LogP contribution in [0.25, 0.3) is 0 Å². The van der Waals surface area contributed by atoms with E-state index in [2.05, 4.69) is 28.5 Å². The number of hydrogen-bond donors (Lipinski definition) is 2. The summed E-state index contributed by atoms with van der Waals surface area (Å²) in [6.45, 7) is 0. The largest absolute Gasteiger partial charge is 0.367 e. The minimum absolute atomic E-state index is 0. The average molecular weight is 381 g/mol. The Hall–Kier alpha value is -1.50. The minimum Gasteiger partial charge on any atom is -0.367 e. The van der Waals surface area contributed by atoms with Gasteiger partial charge in [-0.15, -0.1) is 0 Å². The number of aliphatic hydroxyl groups is 1. The first-order valence-corrected chi connectivity index (χ1v) is 9.00. The number of fused-ring (bicyclic) bond motifs is 6. The summed E-state index contributed by atoms with van der Waals surface area (Å²) in [6, 6.07) is -0.111. The fraction of sp³-hybridized carbons (Fsp3) is 0.526. The van der Waals surface area contributed by atoms with Crippen LogP contribution in [0.3, 0.4) is 0 Å². The SMILES string of the molecule is OC12CCC(=N1)C=C1CCC(=CC3=NC(=CC4=NC2CC4)CC3)N1.[Co]. The van der Waals surface area contributed by atoms with Gasteiger partial charge >= 0.3 is 0 Å². The molecule has 0 spiro atoms. The van der Waals surface area contributed by atoms with E-state index in [1.54, 1.807) is 0 Å². The molecule has 5 heterocycles. The molecule has 2 unspecified atom stereocenters. The topological polar surface area (TPSA) is 69.3 Å². The van der Waals surface area contributed by atoms with E-state index in [1.807, 2.05) is 0 Å². The molecule has 0 aliphatic carbocycles. The molecule has 0 saturated carbocycles. The van der Waals surface area contributed by atoms with Crippen LogP contribution in [0.5, 0.6) is 0 Å². The normalized spacial score (nSPS) is 32.9. The third kappa shape index (κ3) is 3.18. The molecule has 2 atom stereocenters. The Balaban J connectivity index is 0.00000157. The van der Waals surface area contributed by atoms with Crippen molar-refractivity contribution < 1.29 is 21.9 Å². The average Bonchev–Trinajstić information content (AvgIpc) is 3.30. The Bertz CT molecular complexity index is 789. The maximum Gasteiger partial charge on any atom is 0.179 e. The molecule has 0 aromatic carbocycles. The minimum atomic E-state index is -1.02. The van der Waals surface area contributed by atoms with Crippen LogP contribution in [-0.4, -0.2) is 34.0 Å². The smallest absolute Gasteiger partial charge is 0.179 e. The summed E-state index contributed by atoms with van der Waals surface area (Å²) in [5.74, 6) is 0. The Morgan fingerprint density at radius 3 is 2.56 bits per heavy atom. The second-order valence-electron chi connectivity index (χ2n) is 7.36. The van der Waals surface area contributed by atoms with Crippen LogP contribution >= 0.6 is 0 Å². The fourth-order valence-corrected chi connectivity index (χ4v) is 4.25. The zero-order chi connectivity index (χ0) is 16.1. The first-order valence-electron chi connectivity index (χ1n) is 9.00. The summed E-state index contributed by atoms with van der Waals surface area (Å²) in [7, 11) is 0. The molecule has 1 saturated heterocycles. The zero-order valence-electron chi connectivity index (χ0n) is 14.1. The van der Waals surface area contributed by atoms with Crippen molar-refractivity contribution in [1.29, 1.82) is 0 Å². The molecule has 8 bridgehead atoms. The molecule has 1 radical (unpaired) electrons. The van der Waals surface area contributed by atoms with Crippen LogP contribution in [0.1, 0.15) is 51.4 Å². The summed E-state index contributed by atoms with van der Waals surface area (Å²) >= 11 is 0. The van der Waals surface area contributed by atoms with Gasteiger partial charge in [0, 0.05) is 57.4 Å². The summed E-state index contributed by atoms with van der Waals surface area (Å²) in [4.78, 5) is 14.2. The van der Waals surface area contributed by atoms with Gasteiger partial charge in [0.1, 0.15) is 0 Å². The van der Waals surface area contributed by atoms with Crippen molar-refractivity contribution in [2.24, 2.45) is 15.0 Å². The monoisotopic (exact) mass is 381 g/mol. The van der Waals surface area contributed by atoms with Crippen molar-refractivity contribution >= 4 is 17.1 Å². The predicted octanol–water partition coefficient (Wildman–Crippen LogP) is 2.79. The number of allylic oxidation sites excluding steroid dienone is 6. The van der Waals surface area contributed by atoms with E-state index in [4.69, 9.17) is 9.98 Å². The number of hydrogen-bond acceptors (Lipinski definition) is 5. The third-order valence-electron chi connectivity index (χ3n) is 5.54. The predicted molar refractivity (Wildman–Crippen MR) is 95.4 cm³/mol. The second-order valence-corrected chi connectivity index (χ2v) is 7.36. The van der Waals surface area contributed by atoms with Crippen molar-refractivity contribution in [3.05, 3.63) is 35.3 Å². The number of nitrogens with one attached hydrogen (secondary N) is 1. The summed E-state index contributed by atoms with van der Waals surface area (Å²) in [5, 5.41) is 14.5.